The summed E-state index contributed by atoms with van der Waals surface area (Å²) in [6, 6.07) is 0.676. The summed E-state index contributed by atoms with van der Waals surface area (Å²) in [6.45, 7) is 6.36. The summed E-state index contributed by atoms with van der Waals surface area (Å²) in [5, 5.41) is 3.31. The third-order valence-corrected chi connectivity index (χ3v) is 4.17. The standard InChI is InChI=1S/C12H24N2/c1-10(13-2)6-7-14-8-11-4-3-5-12(11)9-14/h10-13H,3-9H2,1-2H3. The lowest BCUT2D eigenvalue weighted by atomic mass is 10.0. The van der Waals surface area contributed by atoms with Gasteiger partial charge in [0.05, 0.1) is 0 Å². The van der Waals surface area contributed by atoms with Crippen LogP contribution in [0.1, 0.15) is 32.6 Å². The first-order chi connectivity index (χ1) is 6.79. The molecule has 2 nitrogen and oxygen atoms in total. The zero-order valence-corrected chi connectivity index (χ0v) is 9.63. The highest BCUT2D eigenvalue weighted by atomic mass is 15.2. The lowest BCUT2D eigenvalue weighted by Crippen LogP contribution is -2.30. The van der Waals surface area contributed by atoms with Gasteiger partial charge in [-0.05, 0) is 51.6 Å². The monoisotopic (exact) mass is 196 g/mol. The SMILES string of the molecule is CNC(C)CCN1CC2CCCC2C1. The normalized spacial score (nSPS) is 34.7. The van der Waals surface area contributed by atoms with Gasteiger partial charge in [-0.3, -0.25) is 0 Å². The Morgan fingerprint density at radius 1 is 1.29 bits per heavy atom. The van der Waals surface area contributed by atoms with Crippen molar-refractivity contribution in [3.05, 3.63) is 0 Å². The van der Waals surface area contributed by atoms with Gasteiger partial charge in [0.25, 0.3) is 0 Å². The van der Waals surface area contributed by atoms with E-state index in [4.69, 9.17) is 0 Å². The van der Waals surface area contributed by atoms with Crippen molar-refractivity contribution in [1.82, 2.24) is 10.2 Å². The maximum atomic E-state index is 3.31. The van der Waals surface area contributed by atoms with Crippen LogP contribution in [0.25, 0.3) is 0 Å². The quantitative estimate of drug-likeness (QED) is 0.736. The van der Waals surface area contributed by atoms with Crippen molar-refractivity contribution in [2.75, 3.05) is 26.7 Å². The fraction of sp³-hybridized carbons (Fsp3) is 1.00. The Hall–Kier alpha value is -0.0800. The second kappa shape index (κ2) is 4.63. The molecule has 0 amide bonds. The highest BCUT2D eigenvalue weighted by Gasteiger charge is 2.35. The van der Waals surface area contributed by atoms with Crippen LogP contribution in [0.2, 0.25) is 0 Å². The van der Waals surface area contributed by atoms with Gasteiger partial charge in [0, 0.05) is 19.1 Å². The van der Waals surface area contributed by atoms with Crippen molar-refractivity contribution in [2.45, 2.75) is 38.6 Å². The van der Waals surface area contributed by atoms with E-state index in [2.05, 4.69) is 24.2 Å². The van der Waals surface area contributed by atoms with E-state index in [1.165, 1.54) is 45.3 Å². The van der Waals surface area contributed by atoms with Crippen molar-refractivity contribution in [3.8, 4) is 0 Å². The molecular weight excluding hydrogens is 172 g/mol. The molecular formula is C12H24N2. The molecule has 2 rings (SSSR count). The van der Waals surface area contributed by atoms with E-state index in [1.54, 1.807) is 0 Å². The predicted molar refractivity (Wildman–Crippen MR) is 60.4 cm³/mol. The van der Waals surface area contributed by atoms with Gasteiger partial charge in [0.1, 0.15) is 0 Å². The molecule has 0 aromatic heterocycles. The summed E-state index contributed by atoms with van der Waals surface area (Å²) >= 11 is 0. The molecule has 0 spiro atoms. The van der Waals surface area contributed by atoms with E-state index < -0.39 is 0 Å². The van der Waals surface area contributed by atoms with Gasteiger partial charge in [0.15, 0.2) is 0 Å². The second-order valence-corrected chi connectivity index (χ2v) is 5.19. The minimum atomic E-state index is 0.676. The number of likely N-dealkylation sites (tertiary alicyclic amines) is 1. The minimum Gasteiger partial charge on any atom is -0.317 e. The number of rotatable bonds is 4. The summed E-state index contributed by atoms with van der Waals surface area (Å²) < 4.78 is 0. The molecule has 1 heterocycles. The number of nitrogens with zero attached hydrogens (tertiary/aromatic N) is 1. The summed E-state index contributed by atoms with van der Waals surface area (Å²) in [4.78, 5) is 2.68. The van der Waals surface area contributed by atoms with Gasteiger partial charge in [0.2, 0.25) is 0 Å². The van der Waals surface area contributed by atoms with Gasteiger partial charge in [-0.2, -0.15) is 0 Å². The maximum Gasteiger partial charge on any atom is 0.00479 e. The van der Waals surface area contributed by atoms with Crippen LogP contribution in [0.4, 0.5) is 0 Å². The molecule has 0 radical (unpaired) electrons. The predicted octanol–water partition coefficient (Wildman–Crippen LogP) is 1.72. The molecule has 1 saturated carbocycles. The van der Waals surface area contributed by atoms with Gasteiger partial charge < -0.3 is 10.2 Å². The Bertz CT molecular complexity index is 169. The maximum absolute atomic E-state index is 3.31. The molecule has 3 unspecified atom stereocenters. The largest absolute Gasteiger partial charge is 0.317 e. The molecule has 0 aromatic rings. The summed E-state index contributed by atoms with van der Waals surface area (Å²) in [7, 11) is 2.06. The third-order valence-electron chi connectivity index (χ3n) is 4.17. The van der Waals surface area contributed by atoms with Crippen LogP contribution < -0.4 is 5.32 Å². The van der Waals surface area contributed by atoms with Crippen molar-refractivity contribution in [2.24, 2.45) is 11.8 Å². The Morgan fingerprint density at radius 3 is 2.50 bits per heavy atom. The first kappa shape index (κ1) is 10.4. The number of nitrogens with one attached hydrogen (secondary N) is 1. The molecule has 1 N–H and O–H groups in total. The molecule has 0 aromatic carbocycles. The molecule has 2 fully saturated rings. The Morgan fingerprint density at radius 2 is 1.93 bits per heavy atom. The lowest BCUT2D eigenvalue weighted by Gasteiger charge is -2.19. The van der Waals surface area contributed by atoms with Crippen LogP contribution in [-0.4, -0.2) is 37.6 Å². The van der Waals surface area contributed by atoms with Gasteiger partial charge >= 0.3 is 0 Å². The summed E-state index contributed by atoms with van der Waals surface area (Å²) in [5.41, 5.74) is 0. The molecule has 3 atom stereocenters. The third kappa shape index (κ3) is 2.29. The van der Waals surface area contributed by atoms with Crippen molar-refractivity contribution < 1.29 is 0 Å². The minimum absolute atomic E-state index is 0.676. The van der Waals surface area contributed by atoms with Crippen LogP contribution in [0, 0.1) is 11.8 Å². The van der Waals surface area contributed by atoms with Crippen molar-refractivity contribution >= 4 is 0 Å². The lowest BCUT2D eigenvalue weighted by molar-refractivity contribution is 0.294. The van der Waals surface area contributed by atoms with E-state index >= 15 is 0 Å². The molecule has 82 valence electrons. The van der Waals surface area contributed by atoms with E-state index in [-0.39, 0.29) is 0 Å². The van der Waals surface area contributed by atoms with E-state index in [1.807, 2.05) is 0 Å². The van der Waals surface area contributed by atoms with Crippen LogP contribution in [0.5, 0.6) is 0 Å². The Balaban J connectivity index is 1.69. The molecule has 1 saturated heterocycles. The van der Waals surface area contributed by atoms with Crippen molar-refractivity contribution in [3.63, 3.8) is 0 Å². The smallest absolute Gasteiger partial charge is 0.00479 e. The van der Waals surface area contributed by atoms with Crippen LogP contribution >= 0.6 is 0 Å². The fourth-order valence-corrected chi connectivity index (χ4v) is 3.04. The highest BCUT2D eigenvalue weighted by Crippen LogP contribution is 2.37. The van der Waals surface area contributed by atoms with Crippen LogP contribution in [-0.2, 0) is 0 Å². The topological polar surface area (TPSA) is 15.3 Å². The molecule has 2 heteroatoms. The molecule has 1 aliphatic carbocycles. The average molecular weight is 196 g/mol. The number of fused-ring (bicyclic) bond motifs is 1. The number of hydrogen-bond donors (Lipinski definition) is 1. The van der Waals surface area contributed by atoms with Crippen LogP contribution in [0.3, 0.4) is 0 Å². The van der Waals surface area contributed by atoms with Crippen LogP contribution in [0.15, 0.2) is 0 Å². The average Bonchev–Trinajstić information content (AvgIpc) is 2.73. The molecule has 1 aliphatic heterocycles. The van der Waals surface area contributed by atoms with E-state index in [0.29, 0.717) is 6.04 Å². The zero-order valence-electron chi connectivity index (χ0n) is 9.63. The fourth-order valence-electron chi connectivity index (χ4n) is 3.04. The molecule has 0 bridgehead atoms. The first-order valence-electron chi connectivity index (χ1n) is 6.19. The van der Waals surface area contributed by atoms with E-state index in [9.17, 15) is 0 Å². The molecule has 14 heavy (non-hydrogen) atoms. The second-order valence-electron chi connectivity index (χ2n) is 5.19. The van der Waals surface area contributed by atoms with E-state index in [0.717, 1.165) is 11.8 Å². The molecule has 2 aliphatic rings. The summed E-state index contributed by atoms with van der Waals surface area (Å²) in [5.74, 6) is 2.11. The first-order valence-corrected chi connectivity index (χ1v) is 6.19. The Labute approximate surface area is 88.1 Å². The van der Waals surface area contributed by atoms with Crippen molar-refractivity contribution in [1.29, 1.82) is 0 Å². The summed E-state index contributed by atoms with van der Waals surface area (Å²) in [6.07, 6.45) is 5.80. The van der Waals surface area contributed by atoms with Gasteiger partial charge in [-0.25, -0.2) is 0 Å². The van der Waals surface area contributed by atoms with Gasteiger partial charge in [-0.15, -0.1) is 0 Å². The Kier molecular flexibility index (Phi) is 3.45. The zero-order chi connectivity index (χ0) is 9.97. The highest BCUT2D eigenvalue weighted by molar-refractivity contribution is 4.88. The van der Waals surface area contributed by atoms with Gasteiger partial charge in [-0.1, -0.05) is 6.42 Å². The number of hydrogen-bond acceptors (Lipinski definition) is 2.